The van der Waals surface area contributed by atoms with E-state index in [1.54, 1.807) is 40.0 Å². The summed E-state index contributed by atoms with van der Waals surface area (Å²) >= 11 is 0. The molecule has 12 heteroatoms. The average Bonchev–Trinajstić information content (AvgIpc) is 2.98. The highest BCUT2D eigenvalue weighted by Gasteiger charge is 2.57. The number of hydrogen-bond donors (Lipinski definition) is 3. The zero-order valence-electron chi connectivity index (χ0n) is 25.2. The predicted molar refractivity (Wildman–Crippen MR) is 154 cm³/mol. The summed E-state index contributed by atoms with van der Waals surface area (Å²) < 4.78 is 22.3. The topological polar surface area (TPSA) is 155 Å². The molecule has 2 bridgehead atoms. The molecule has 1 saturated heterocycles. The Balaban J connectivity index is 1.85. The quantitative estimate of drug-likeness (QED) is 0.195. The predicted octanol–water partition coefficient (Wildman–Crippen LogP) is 3.43. The van der Waals surface area contributed by atoms with E-state index in [4.69, 9.17) is 18.9 Å². The minimum Gasteiger partial charge on any atom is -0.507 e. The molecule has 0 radical (unpaired) electrons. The number of Topliss-reactive ketones (excluding diaryl/α,β-unsaturated/α-hetero) is 1. The standard InChI is InChI=1S/C31H34N2O10/c1-9-12(2)31(39)43-11-17-18-15(23(34)13(3)28(41-7)29(18)42-8)10-16-21-19-20(24(35)14(4)27(40-6)26(19)37)25(36)22(32(21)5)30(38)33(16)17/h9-10,17,21-22,34-35,37H,11H2,1-8H3/b12-9+/t17-,21-,22-/m0/s1. The van der Waals surface area contributed by atoms with Crippen LogP contribution in [0.3, 0.4) is 0 Å². The molecule has 1 fully saturated rings. The van der Waals surface area contributed by atoms with Gasteiger partial charge in [0.25, 0.3) is 5.91 Å². The van der Waals surface area contributed by atoms with Gasteiger partial charge in [0.1, 0.15) is 24.1 Å². The number of phenols is 3. The third-order valence-corrected chi connectivity index (χ3v) is 8.65. The maximum Gasteiger partial charge on any atom is 0.333 e. The zero-order chi connectivity index (χ0) is 31.7. The number of likely N-dealkylation sites (N-methyl/N-ethyl adjacent to an activating group) is 1. The molecule has 0 spiro atoms. The van der Waals surface area contributed by atoms with E-state index in [9.17, 15) is 29.7 Å². The van der Waals surface area contributed by atoms with Gasteiger partial charge in [-0.05, 0) is 40.8 Å². The van der Waals surface area contributed by atoms with E-state index in [0.29, 0.717) is 16.7 Å². The molecule has 3 aliphatic rings. The van der Waals surface area contributed by atoms with Crippen LogP contribution in [-0.4, -0.2) is 83.8 Å². The Morgan fingerprint density at radius 1 is 0.907 bits per heavy atom. The second-order valence-electron chi connectivity index (χ2n) is 10.7. The molecule has 3 atom stereocenters. The van der Waals surface area contributed by atoms with E-state index in [0.717, 1.165) is 0 Å². The Morgan fingerprint density at radius 3 is 2.09 bits per heavy atom. The van der Waals surface area contributed by atoms with Gasteiger partial charge in [-0.2, -0.15) is 0 Å². The lowest BCUT2D eigenvalue weighted by Gasteiger charge is -2.52. The molecule has 2 aromatic rings. The number of aromatic hydroxyl groups is 3. The summed E-state index contributed by atoms with van der Waals surface area (Å²) in [7, 11) is 5.72. The number of nitrogens with zero attached hydrogens (tertiary/aromatic N) is 2. The molecule has 3 heterocycles. The van der Waals surface area contributed by atoms with Crippen molar-refractivity contribution in [3.05, 3.63) is 50.7 Å². The normalized spacial score (nSPS) is 21.0. The monoisotopic (exact) mass is 594 g/mol. The molecule has 5 rings (SSSR count). The first-order chi connectivity index (χ1) is 20.4. The number of hydrogen-bond acceptors (Lipinski definition) is 11. The number of piperazine rings is 1. The van der Waals surface area contributed by atoms with Crippen molar-refractivity contribution in [1.29, 1.82) is 0 Å². The van der Waals surface area contributed by atoms with E-state index in [-0.39, 0.29) is 63.3 Å². The summed E-state index contributed by atoms with van der Waals surface area (Å²) in [5.74, 6) is -2.47. The average molecular weight is 595 g/mol. The number of fused-ring (bicyclic) bond motifs is 7. The fourth-order valence-corrected chi connectivity index (χ4v) is 6.39. The second-order valence-corrected chi connectivity index (χ2v) is 10.7. The Kier molecular flexibility index (Phi) is 7.29. The number of methoxy groups -OCH3 is 3. The fraction of sp³-hybridized carbons (Fsp3) is 0.387. The molecule has 12 nitrogen and oxygen atoms in total. The number of ether oxygens (including phenoxy) is 4. The molecule has 0 saturated carbocycles. The number of carbonyl (C=O) groups excluding carboxylic acids is 3. The van der Waals surface area contributed by atoms with Gasteiger partial charge in [-0.3, -0.25) is 14.5 Å². The summed E-state index contributed by atoms with van der Waals surface area (Å²) in [4.78, 5) is 43.9. The van der Waals surface area contributed by atoms with Gasteiger partial charge in [-0.15, -0.1) is 0 Å². The van der Waals surface area contributed by atoms with Crippen molar-refractivity contribution in [3.63, 3.8) is 0 Å². The van der Waals surface area contributed by atoms with Gasteiger partial charge >= 0.3 is 5.97 Å². The molecule has 2 aromatic carbocycles. The van der Waals surface area contributed by atoms with Gasteiger partial charge in [0.2, 0.25) is 0 Å². The number of carbonyl (C=O) groups is 3. The van der Waals surface area contributed by atoms with Gasteiger partial charge in [0.05, 0.1) is 32.9 Å². The van der Waals surface area contributed by atoms with Gasteiger partial charge < -0.3 is 39.2 Å². The Morgan fingerprint density at radius 2 is 1.51 bits per heavy atom. The highest BCUT2D eigenvalue weighted by Crippen LogP contribution is 2.58. The molecule has 3 aliphatic heterocycles. The lowest BCUT2D eigenvalue weighted by Crippen LogP contribution is -2.62. The number of esters is 1. The molecule has 228 valence electrons. The largest absolute Gasteiger partial charge is 0.507 e. The molecule has 3 N–H and O–H groups in total. The molecular weight excluding hydrogens is 560 g/mol. The molecular formula is C31H34N2O10. The van der Waals surface area contributed by atoms with Crippen molar-refractivity contribution in [3.8, 4) is 34.5 Å². The summed E-state index contributed by atoms with van der Waals surface area (Å²) in [6.45, 7) is 6.06. The van der Waals surface area contributed by atoms with Crippen LogP contribution in [0.5, 0.6) is 34.5 Å². The van der Waals surface area contributed by atoms with Crippen LogP contribution in [0.2, 0.25) is 0 Å². The van der Waals surface area contributed by atoms with E-state index in [1.165, 1.54) is 38.1 Å². The van der Waals surface area contributed by atoms with Crippen LogP contribution in [0.4, 0.5) is 0 Å². The first-order valence-electron chi connectivity index (χ1n) is 13.6. The van der Waals surface area contributed by atoms with Crippen LogP contribution in [0.1, 0.15) is 64.1 Å². The van der Waals surface area contributed by atoms with Crippen LogP contribution in [-0.2, 0) is 14.3 Å². The number of allylic oxidation sites excluding steroid dienone is 1. The summed E-state index contributed by atoms with van der Waals surface area (Å²) in [5.41, 5.74) is 1.61. The van der Waals surface area contributed by atoms with E-state index in [2.05, 4.69) is 0 Å². The minimum absolute atomic E-state index is 0.0198. The third-order valence-electron chi connectivity index (χ3n) is 8.65. The number of phenolic OH excluding ortho intramolecular Hbond substituents is 3. The van der Waals surface area contributed by atoms with Crippen LogP contribution in [0.25, 0.3) is 6.08 Å². The maximum atomic E-state index is 14.3. The number of amides is 1. The minimum atomic E-state index is -1.38. The second kappa shape index (κ2) is 10.5. The van der Waals surface area contributed by atoms with Crippen molar-refractivity contribution in [2.45, 2.75) is 45.8 Å². The van der Waals surface area contributed by atoms with E-state index >= 15 is 0 Å². The smallest absolute Gasteiger partial charge is 0.333 e. The maximum absolute atomic E-state index is 14.3. The van der Waals surface area contributed by atoms with Crippen molar-refractivity contribution in [2.75, 3.05) is 35.0 Å². The molecule has 0 unspecified atom stereocenters. The zero-order valence-corrected chi connectivity index (χ0v) is 25.2. The van der Waals surface area contributed by atoms with E-state index < -0.39 is 41.5 Å². The summed E-state index contributed by atoms with van der Waals surface area (Å²) in [6, 6.07) is -3.40. The van der Waals surface area contributed by atoms with Crippen LogP contribution >= 0.6 is 0 Å². The van der Waals surface area contributed by atoms with Gasteiger partial charge in [-0.1, -0.05) is 6.08 Å². The summed E-state index contributed by atoms with van der Waals surface area (Å²) in [5, 5.41) is 33.9. The Bertz CT molecular complexity index is 1660. The fourth-order valence-electron chi connectivity index (χ4n) is 6.39. The van der Waals surface area contributed by atoms with Crippen molar-refractivity contribution in [1.82, 2.24) is 9.80 Å². The number of ketones is 1. The lowest BCUT2D eigenvalue weighted by atomic mass is 9.77. The third kappa shape index (κ3) is 3.96. The number of rotatable bonds is 6. The first kappa shape index (κ1) is 29.8. The SMILES string of the molecule is C/C=C(\C)C(=O)OC[C@H]1c2c(c(O)c(C)c(OC)c2OC)C=C2[C@H]3c4c(O)c(OC)c(C)c(O)c4C(=O)[C@@H](C(=O)N21)N3C. The van der Waals surface area contributed by atoms with Gasteiger partial charge in [-0.25, -0.2) is 4.79 Å². The highest BCUT2D eigenvalue weighted by molar-refractivity contribution is 6.18. The highest BCUT2D eigenvalue weighted by atomic mass is 16.5. The van der Waals surface area contributed by atoms with Gasteiger partial charge in [0.15, 0.2) is 34.8 Å². The summed E-state index contributed by atoms with van der Waals surface area (Å²) in [6.07, 6.45) is 3.17. The molecule has 1 amide bonds. The van der Waals surface area contributed by atoms with Crippen molar-refractivity contribution >= 4 is 23.7 Å². The van der Waals surface area contributed by atoms with Gasteiger partial charge in [0, 0.05) is 39.1 Å². The van der Waals surface area contributed by atoms with Crippen LogP contribution in [0, 0.1) is 13.8 Å². The first-order valence-corrected chi connectivity index (χ1v) is 13.6. The number of benzene rings is 2. The van der Waals surface area contributed by atoms with Crippen molar-refractivity contribution in [2.24, 2.45) is 0 Å². The molecule has 0 aliphatic carbocycles. The van der Waals surface area contributed by atoms with E-state index in [1.807, 2.05) is 0 Å². The Labute approximate surface area is 248 Å². The van der Waals surface area contributed by atoms with Crippen LogP contribution in [0.15, 0.2) is 17.3 Å². The molecule has 43 heavy (non-hydrogen) atoms. The molecule has 0 aromatic heterocycles. The Hall–Kier alpha value is -4.71. The van der Waals surface area contributed by atoms with Crippen molar-refractivity contribution < 1.29 is 48.7 Å². The lowest BCUT2D eigenvalue weighted by molar-refractivity contribution is -0.148. The van der Waals surface area contributed by atoms with Crippen LogP contribution < -0.4 is 14.2 Å².